The van der Waals surface area contributed by atoms with Gasteiger partial charge in [-0.15, -0.1) is 0 Å². The average molecular weight is 639 g/mol. The molecule has 6 rings (SSSR count). The van der Waals surface area contributed by atoms with Crippen LogP contribution in [0, 0.1) is 5.92 Å². The van der Waals surface area contributed by atoms with E-state index in [9.17, 15) is 19.5 Å². The number of aromatic hydroxyl groups is 1. The number of allylic oxidation sites excluding steroid dienone is 1. The lowest BCUT2D eigenvalue weighted by molar-refractivity contribution is -0.116. The van der Waals surface area contributed by atoms with Crippen molar-refractivity contribution >= 4 is 63.6 Å². The van der Waals surface area contributed by atoms with E-state index in [1.807, 2.05) is 17.1 Å². The fourth-order valence-electron chi connectivity index (χ4n) is 5.11. The summed E-state index contributed by atoms with van der Waals surface area (Å²) in [6.07, 6.45) is 9.07. The molecule has 1 aliphatic heterocycles. The number of anilines is 2. The van der Waals surface area contributed by atoms with Gasteiger partial charge in [0.1, 0.15) is 29.6 Å². The lowest BCUT2D eigenvalue weighted by Gasteiger charge is -2.28. The first-order valence-corrected chi connectivity index (χ1v) is 14.7. The molecular formula is C30H29Cl2N7O5. The third-order valence-electron chi connectivity index (χ3n) is 7.68. The number of phenols is 1. The number of halogens is 2. The molecule has 1 aromatic carbocycles. The zero-order chi connectivity index (χ0) is 31.1. The SMILES string of the molecule is Cn1c(/C=C/C2CC2)nc2c(c(-c3cc(Cl)c(O)c(C(N)=O)c3)cn2CC(=O)Nc2cc(N3CCOCC3)ncc2Cl)c1=O. The number of hydrogen-bond donors (Lipinski definition) is 3. The maximum atomic E-state index is 13.8. The minimum Gasteiger partial charge on any atom is -0.506 e. The molecule has 1 saturated heterocycles. The highest BCUT2D eigenvalue weighted by Gasteiger charge is 2.23. The summed E-state index contributed by atoms with van der Waals surface area (Å²) in [6.45, 7) is 2.26. The van der Waals surface area contributed by atoms with E-state index in [4.69, 9.17) is 38.7 Å². The first-order chi connectivity index (χ1) is 21.1. The molecule has 44 heavy (non-hydrogen) atoms. The Morgan fingerprint density at radius 1 is 1.18 bits per heavy atom. The average Bonchev–Trinajstić information content (AvgIpc) is 3.77. The van der Waals surface area contributed by atoms with E-state index in [1.165, 1.54) is 22.9 Å². The Hall–Kier alpha value is -4.39. The molecule has 4 N–H and O–H groups in total. The smallest absolute Gasteiger partial charge is 0.263 e. The van der Waals surface area contributed by atoms with Crippen molar-refractivity contribution in [3.63, 3.8) is 0 Å². The van der Waals surface area contributed by atoms with Crippen LogP contribution in [0.5, 0.6) is 5.75 Å². The van der Waals surface area contributed by atoms with Gasteiger partial charge in [0.2, 0.25) is 5.91 Å². The topological polar surface area (TPSA) is 158 Å². The van der Waals surface area contributed by atoms with Crippen molar-refractivity contribution in [2.45, 2.75) is 19.4 Å². The van der Waals surface area contributed by atoms with Gasteiger partial charge >= 0.3 is 0 Å². The highest BCUT2D eigenvalue weighted by atomic mass is 35.5. The van der Waals surface area contributed by atoms with Crippen molar-refractivity contribution in [3.8, 4) is 16.9 Å². The number of carbonyl (C=O) groups excluding carboxylic acids is 2. The van der Waals surface area contributed by atoms with Gasteiger partial charge in [0.25, 0.3) is 11.5 Å². The van der Waals surface area contributed by atoms with Crippen LogP contribution >= 0.6 is 23.2 Å². The van der Waals surface area contributed by atoms with Gasteiger partial charge in [0, 0.05) is 38.0 Å². The largest absolute Gasteiger partial charge is 0.506 e. The summed E-state index contributed by atoms with van der Waals surface area (Å²) in [5.41, 5.74) is 6.25. The molecule has 2 fully saturated rings. The van der Waals surface area contributed by atoms with Crippen molar-refractivity contribution < 1.29 is 19.4 Å². The summed E-state index contributed by atoms with van der Waals surface area (Å²) in [6, 6.07) is 4.49. The molecule has 0 unspecified atom stereocenters. The molecule has 0 spiro atoms. The first-order valence-electron chi connectivity index (χ1n) is 14.0. The lowest BCUT2D eigenvalue weighted by Crippen LogP contribution is -2.36. The predicted octanol–water partition coefficient (Wildman–Crippen LogP) is 3.81. The number of ether oxygens (including phenoxy) is 1. The number of pyridine rings is 1. The van der Waals surface area contributed by atoms with E-state index >= 15 is 0 Å². The molecule has 14 heteroatoms. The van der Waals surface area contributed by atoms with Gasteiger partial charge in [-0.25, -0.2) is 9.97 Å². The van der Waals surface area contributed by atoms with E-state index < -0.39 is 17.6 Å². The molecule has 0 bridgehead atoms. The van der Waals surface area contributed by atoms with Crippen LogP contribution in [0.15, 0.2) is 41.5 Å². The molecule has 2 aliphatic rings. The Morgan fingerprint density at radius 2 is 1.93 bits per heavy atom. The number of amides is 2. The number of carbonyl (C=O) groups is 2. The van der Waals surface area contributed by atoms with E-state index in [2.05, 4.69) is 10.3 Å². The number of aromatic nitrogens is 4. The van der Waals surface area contributed by atoms with Crippen LogP contribution in [0.4, 0.5) is 11.5 Å². The zero-order valence-electron chi connectivity index (χ0n) is 23.7. The third-order valence-corrected chi connectivity index (χ3v) is 8.27. The van der Waals surface area contributed by atoms with Gasteiger partial charge in [-0.05, 0) is 42.5 Å². The fourth-order valence-corrected chi connectivity index (χ4v) is 5.48. The van der Waals surface area contributed by atoms with E-state index in [1.54, 1.807) is 23.9 Å². The molecular weight excluding hydrogens is 609 g/mol. The van der Waals surface area contributed by atoms with Crippen LogP contribution in [0.3, 0.4) is 0 Å². The summed E-state index contributed by atoms with van der Waals surface area (Å²) in [7, 11) is 1.62. The number of nitrogens with two attached hydrogens (primary N) is 1. The van der Waals surface area contributed by atoms with Crippen molar-refractivity contribution in [2.75, 3.05) is 36.5 Å². The molecule has 3 aromatic heterocycles. The molecule has 0 atom stereocenters. The van der Waals surface area contributed by atoms with Gasteiger partial charge in [-0.2, -0.15) is 0 Å². The fraction of sp³-hybridized carbons (Fsp3) is 0.300. The van der Waals surface area contributed by atoms with Crippen molar-refractivity contribution in [1.29, 1.82) is 0 Å². The monoisotopic (exact) mass is 637 g/mol. The van der Waals surface area contributed by atoms with Crippen LogP contribution in [0.25, 0.3) is 28.2 Å². The highest BCUT2D eigenvalue weighted by molar-refractivity contribution is 6.34. The van der Waals surface area contributed by atoms with E-state index in [-0.39, 0.29) is 38.7 Å². The van der Waals surface area contributed by atoms with Gasteiger partial charge in [-0.1, -0.05) is 29.3 Å². The highest BCUT2D eigenvalue weighted by Crippen LogP contribution is 2.36. The Morgan fingerprint density at radius 3 is 2.64 bits per heavy atom. The number of nitrogens with zero attached hydrogens (tertiary/aromatic N) is 5. The number of benzene rings is 1. The maximum absolute atomic E-state index is 13.8. The van der Waals surface area contributed by atoms with Gasteiger partial charge in [0.05, 0.1) is 46.1 Å². The van der Waals surface area contributed by atoms with E-state index in [0.29, 0.717) is 60.7 Å². The molecule has 12 nitrogen and oxygen atoms in total. The maximum Gasteiger partial charge on any atom is 0.263 e. The Balaban J connectivity index is 1.41. The van der Waals surface area contributed by atoms with Crippen LogP contribution in [0.2, 0.25) is 10.0 Å². The van der Waals surface area contributed by atoms with Gasteiger partial charge in [0.15, 0.2) is 0 Å². The standard InChI is InChI=1S/C30H29Cl2N7O5/c1-37-23(5-4-16-2-3-16)36-29-26(30(37)43)19(17-10-18(28(33)42)27(41)20(31)11-17)14-39(29)15-25(40)35-22-12-24(34-13-21(22)32)38-6-8-44-9-7-38/h4-5,10-14,16,41H,2-3,6-9,15H2,1H3,(H2,33,42)(H,34,35,40)/b5-4+. The summed E-state index contributed by atoms with van der Waals surface area (Å²) < 4.78 is 8.40. The zero-order valence-corrected chi connectivity index (χ0v) is 25.2. The molecule has 4 heterocycles. The molecule has 4 aromatic rings. The second kappa shape index (κ2) is 11.9. The first kappa shape index (κ1) is 29.7. The summed E-state index contributed by atoms with van der Waals surface area (Å²) in [5, 5.41) is 13.5. The number of hydrogen-bond acceptors (Lipinski definition) is 8. The molecule has 0 radical (unpaired) electrons. The second-order valence-electron chi connectivity index (χ2n) is 10.8. The van der Waals surface area contributed by atoms with Crippen molar-refractivity contribution in [1.82, 2.24) is 19.1 Å². The van der Waals surface area contributed by atoms with Gasteiger partial charge < -0.3 is 30.4 Å². The number of nitrogens with one attached hydrogen (secondary N) is 1. The number of rotatable bonds is 8. The quantitative estimate of drug-likeness (QED) is 0.263. The summed E-state index contributed by atoms with van der Waals surface area (Å²) in [5.74, 6) is -0.236. The molecule has 2 amide bonds. The van der Waals surface area contributed by atoms with Crippen molar-refractivity contribution in [3.05, 3.63) is 68.5 Å². The van der Waals surface area contributed by atoms with Crippen LogP contribution in [-0.4, -0.2) is 62.3 Å². The molecule has 1 aliphatic carbocycles. The van der Waals surface area contributed by atoms with Crippen LogP contribution in [-0.2, 0) is 23.1 Å². The summed E-state index contributed by atoms with van der Waals surface area (Å²) >= 11 is 12.6. The molecule has 1 saturated carbocycles. The minimum atomic E-state index is -0.890. The summed E-state index contributed by atoms with van der Waals surface area (Å²) in [4.78, 5) is 50.4. The van der Waals surface area contributed by atoms with Gasteiger partial charge in [-0.3, -0.25) is 19.0 Å². The Kier molecular flexibility index (Phi) is 8.06. The predicted molar refractivity (Wildman–Crippen MR) is 168 cm³/mol. The third kappa shape index (κ3) is 5.88. The second-order valence-corrected chi connectivity index (χ2v) is 11.6. The lowest BCUT2D eigenvalue weighted by atomic mass is 10.0. The van der Waals surface area contributed by atoms with Crippen molar-refractivity contribution in [2.24, 2.45) is 18.7 Å². The van der Waals surface area contributed by atoms with Crippen LogP contribution in [0.1, 0.15) is 29.0 Å². The molecule has 228 valence electrons. The van der Waals surface area contributed by atoms with E-state index in [0.717, 1.165) is 12.8 Å². The number of fused-ring (bicyclic) bond motifs is 1. The Bertz CT molecular complexity index is 1890. The Labute approximate surface area is 261 Å². The normalized spacial score (nSPS) is 15.3. The number of morpholine rings is 1. The minimum absolute atomic E-state index is 0.118. The number of primary amides is 1. The van der Waals surface area contributed by atoms with Crippen LogP contribution < -0.4 is 21.5 Å².